The van der Waals surface area contributed by atoms with Gasteiger partial charge >= 0.3 is 6.03 Å². The topological polar surface area (TPSA) is 88.3 Å². The highest BCUT2D eigenvalue weighted by Gasteiger charge is 2.22. The monoisotopic (exact) mass is 410 g/mol. The van der Waals surface area contributed by atoms with Gasteiger partial charge in [0.25, 0.3) is 11.1 Å². The van der Waals surface area contributed by atoms with E-state index in [1.165, 1.54) is 31.0 Å². The van der Waals surface area contributed by atoms with Gasteiger partial charge in [-0.25, -0.2) is 4.79 Å². The molecule has 1 aromatic heterocycles. The van der Waals surface area contributed by atoms with Crippen LogP contribution in [0.1, 0.15) is 83.3 Å². The Morgan fingerprint density at radius 2 is 1.89 bits per heavy atom. The van der Waals surface area contributed by atoms with Crippen LogP contribution in [0.3, 0.4) is 0 Å². The summed E-state index contributed by atoms with van der Waals surface area (Å²) in [4.78, 5) is 26.5. The fourth-order valence-electron chi connectivity index (χ4n) is 3.24. The number of thioether (sulfide) groups is 1. The number of amides is 2. The second-order valence-corrected chi connectivity index (χ2v) is 9.20. The van der Waals surface area contributed by atoms with Gasteiger partial charge in [0.15, 0.2) is 0 Å². The summed E-state index contributed by atoms with van der Waals surface area (Å²) in [6.07, 6.45) is 7.03. The molecule has 1 heterocycles. The Balaban J connectivity index is 1.79. The minimum absolute atomic E-state index is 0.00224. The zero-order valence-electron chi connectivity index (χ0n) is 17.6. The van der Waals surface area contributed by atoms with Gasteiger partial charge in [-0.05, 0) is 39.0 Å². The summed E-state index contributed by atoms with van der Waals surface area (Å²) >= 11 is 1.38. The largest absolute Gasteiger partial charge is 0.408 e. The Morgan fingerprint density at radius 1 is 1.18 bits per heavy atom. The number of nitrogens with zero attached hydrogens (tertiary/aromatic N) is 3. The van der Waals surface area contributed by atoms with Crippen molar-refractivity contribution in [2.75, 3.05) is 12.3 Å². The SMILES string of the molecule is CC(C)CCC(=O)c1nnc(SCCN(C(=O)NC2CCCCC2)C(C)C)o1. The minimum Gasteiger partial charge on any atom is -0.408 e. The molecule has 0 radical (unpaired) electrons. The van der Waals surface area contributed by atoms with Crippen molar-refractivity contribution < 1.29 is 14.0 Å². The van der Waals surface area contributed by atoms with E-state index in [1.54, 1.807) is 0 Å². The number of ketones is 1. The molecular formula is C20H34N4O3S. The van der Waals surface area contributed by atoms with Crippen molar-refractivity contribution in [3.8, 4) is 0 Å². The number of hydrogen-bond donors (Lipinski definition) is 1. The lowest BCUT2D eigenvalue weighted by molar-refractivity contribution is 0.0936. The first-order valence-electron chi connectivity index (χ1n) is 10.4. The Hall–Kier alpha value is -1.57. The van der Waals surface area contributed by atoms with Crippen molar-refractivity contribution in [3.05, 3.63) is 5.89 Å². The van der Waals surface area contributed by atoms with Gasteiger partial charge in [0.2, 0.25) is 5.78 Å². The van der Waals surface area contributed by atoms with Crippen molar-refractivity contribution >= 4 is 23.6 Å². The van der Waals surface area contributed by atoms with E-state index < -0.39 is 0 Å². The molecule has 0 unspecified atom stereocenters. The van der Waals surface area contributed by atoms with Crippen LogP contribution in [-0.4, -0.2) is 51.3 Å². The van der Waals surface area contributed by atoms with E-state index in [0.29, 0.717) is 35.9 Å². The lowest BCUT2D eigenvalue weighted by atomic mass is 9.96. The number of carbonyl (C=O) groups excluding carboxylic acids is 2. The van der Waals surface area contributed by atoms with Crippen LogP contribution < -0.4 is 5.32 Å². The molecule has 1 N–H and O–H groups in total. The van der Waals surface area contributed by atoms with Gasteiger partial charge in [-0.2, -0.15) is 0 Å². The summed E-state index contributed by atoms with van der Waals surface area (Å²) < 4.78 is 5.47. The number of hydrogen-bond acceptors (Lipinski definition) is 6. The fraction of sp³-hybridized carbons (Fsp3) is 0.800. The van der Waals surface area contributed by atoms with Crippen LogP contribution in [0.2, 0.25) is 0 Å². The quantitative estimate of drug-likeness (QED) is 0.450. The number of nitrogens with one attached hydrogen (secondary N) is 1. The minimum atomic E-state index is -0.108. The van der Waals surface area contributed by atoms with Crippen molar-refractivity contribution in [2.45, 2.75) is 89.9 Å². The van der Waals surface area contributed by atoms with Crippen molar-refractivity contribution in [1.29, 1.82) is 0 Å². The zero-order chi connectivity index (χ0) is 20.5. The van der Waals surface area contributed by atoms with Crippen molar-refractivity contribution in [3.63, 3.8) is 0 Å². The Morgan fingerprint density at radius 3 is 2.54 bits per heavy atom. The first kappa shape index (κ1) is 22.7. The van der Waals surface area contributed by atoms with E-state index in [1.807, 2.05) is 18.7 Å². The third-order valence-corrected chi connectivity index (χ3v) is 5.77. The van der Waals surface area contributed by atoms with Crippen LogP contribution in [0.5, 0.6) is 0 Å². The van der Waals surface area contributed by atoms with Crippen LogP contribution in [0.4, 0.5) is 4.79 Å². The molecule has 8 heteroatoms. The maximum absolute atomic E-state index is 12.6. The third kappa shape index (κ3) is 7.45. The van der Waals surface area contributed by atoms with Crippen LogP contribution in [-0.2, 0) is 0 Å². The van der Waals surface area contributed by atoms with Gasteiger partial charge in [0.05, 0.1) is 0 Å². The second kappa shape index (κ2) is 11.4. The standard InChI is InChI=1S/C20H34N4O3S/c1-14(2)10-11-17(25)18-22-23-20(27-18)28-13-12-24(15(3)4)19(26)21-16-8-6-5-7-9-16/h14-16H,5-13H2,1-4H3,(H,21,26). The molecule has 7 nitrogen and oxygen atoms in total. The maximum Gasteiger partial charge on any atom is 0.317 e. The van der Waals surface area contributed by atoms with E-state index in [4.69, 9.17) is 4.42 Å². The molecule has 0 saturated heterocycles. The Labute approximate surface area is 172 Å². The first-order chi connectivity index (χ1) is 13.4. The Kier molecular flexibility index (Phi) is 9.28. The second-order valence-electron chi connectivity index (χ2n) is 8.15. The van der Waals surface area contributed by atoms with E-state index in [9.17, 15) is 9.59 Å². The molecule has 0 spiro atoms. The molecule has 1 saturated carbocycles. The van der Waals surface area contributed by atoms with Gasteiger partial charge in [0, 0.05) is 30.8 Å². The zero-order valence-corrected chi connectivity index (χ0v) is 18.4. The smallest absolute Gasteiger partial charge is 0.317 e. The van der Waals surface area contributed by atoms with Gasteiger partial charge in [-0.15, -0.1) is 10.2 Å². The molecule has 0 atom stereocenters. The Bertz CT molecular complexity index is 627. The predicted octanol–water partition coefficient (Wildman–Crippen LogP) is 4.53. The summed E-state index contributed by atoms with van der Waals surface area (Å²) in [5.41, 5.74) is 0. The average molecular weight is 411 g/mol. The molecular weight excluding hydrogens is 376 g/mol. The summed E-state index contributed by atoms with van der Waals surface area (Å²) in [6, 6.07) is 0.406. The highest BCUT2D eigenvalue weighted by molar-refractivity contribution is 7.99. The normalized spacial score (nSPS) is 15.2. The van der Waals surface area contributed by atoms with Crippen LogP contribution in [0, 0.1) is 5.92 Å². The maximum atomic E-state index is 12.6. The van der Waals surface area contributed by atoms with E-state index in [0.717, 1.165) is 19.3 Å². The number of urea groups is 1. The molecule has 0 aromatic carbocycles. The number of Topliss-reactive ketones (excluding diaryl/α,β-unsaturated/α-hetero) is 1. The third-order valence-electron chi connectivity index (χ3n) is 4.97. The summed E-state index contributed by atoms with van der Waals surface area (Å²) in [7, 11) is 0. The number of carbonyl (C=O) groups is 2. The highest BCUT2D eigenvalue weighted by Crippen LogP contribution is 2.20. The molecule has 1 aliphatic rings. The van der Waals surface area contributed by atoms with Crippen molar-refractivity contribution in [2.24, 2.45) is 5.92 Å². The van der Waals surface area contributed by atoms with Crippen LogP contribution in [0.25, 0.3) is 0 Å². The molecule has 28 heavy (non-hydrogen) atoms. The molecule has 0 bridgehead atoms. The highest BCUT2D eigenvalue weighted by atomic mass is 32.2. The van der Waals surface area contributed by atoms with Crippen molar-refractivity contribution in [1.82, 2.24) is 20.4 Å². The lowest BCUT2D eigenvalue weighted by Gasteiger charge is -2.30. The van der Waals surface area contributed by atoms with Gasteiger partial charge < -0.3 is 14.6 Å². The average Bonchev–Trinajstić information content (AvgIpc) is 3.12. The molecule has 0 aliphatic heterocycles. The molecule has 1 aromatic rings. The first-order valence-corrected chi connectivity index (χ1v) is 11.4. The molecule has 1 fully saturated rings. The summed E-state index contributed by atoms with van der Waals surface area (Å²) in [6.45, 7) is 8.77. The lowest BCUT2D eigenvalue weighted by Crippen LogP contribution is -2.49. The number of aromatic nitrogens is 2. The molecule has 2 rings (SSSR count). The van der Waals surface area contributed by atoms with Crippen LogP contribution >= 0.6 is 11.8 Å². The predicted molar refractivity (Wildman–Crippen MR) is 111 cm³/mol. The van der Waals surface area contributed by atoms with Gasteiger partial charge in [-0.3, -0.25) is 4.79 Å². The van der Waals surface area contributed by atoms with E-state index in [-0.39, 0.29) is 23.7 Å². The number of rotatable bonds is 10. The fourth-order valence-corrected chi connectivity index (χ4v) is 3.94. The summed E-state index contributed by atoms with van der Waals surface area (Å²) in [5.74, 6) is 1.07. The van der Waals surface area contributed by atoms with Gasteiger partial charge in [0.1, 0.15) is 0 Å². The molecule has 158 valence electrons. The van der Waals surface area contributed by atoms with Gasteiger partial charge in [-0.1, -0.05) is 44.9 Å². The molecule has 2 amide bonds. The molecule has 1 aliphatic carbocycles. The van der Waals surface area contributed by atoms with E-state index >= 15 is 0 Å². The van der Waals surface area contributed by atoms with Crippen LogP contribution in [0.15, 0.2) is 9.64 Å². The van der Waals surface area contributed by atoms with E-state index in [2.05, 4.69) is 29.4 Å². The summed E-state index contributed by atoms with van der Waals surface area (Å²) in [5, 5.41) is 11.4.